The summed E-state index contributed by atoms with van der Waals surface area (Å²) in [6, 6.07) is 4.40. The van der Waals surface area contributed by atoms with Gasteiger partial charge < -0.3 is 15.4 Å². The Balaban J connectivity index is 2.61. The molecule has 0 aliphatic heterocycles. The van der Waals surface area contributed by atoms with Crippen LogP contribution in [0.25, 0.3) is 0 Å². The molecule has 118 valence electrons. The van der Waals surface area contributed by atoms with Gasteiger partial charge in [-0.2, -0.15) is 0 Å². The van der Waals surface area contributed by atoms with Gasteiger partial charge in [0.25, 0.3) is 5.91 Å². The standard InChI is InChI=1S/C16H25FN2O2/c1-11(2)8-18-9-13-7-14(17)5-6-15(13)21-10-16(20)19-12(3)4/h5-7,11-12,18H,8-10H2,1-4H3,(H,19,20). The molecular weight excluding hydrogens is 271 g/mol. The summed E-state index contributed by atoms with van der Waals surface area (Å²) < 4.78 is 18.8. The average Bonchev–Trinajstić information content (AvgIpc) is 2.36. The average molecular weight is 296 g/mol. The van der Waals surface area contributed by atoms with Gasteiger partial charge in [0.15, 0.2) is 6.61 Å². The van der Waals surface area contributed by atoms with Crippen LogP contribution < -0.4 is 15.4 Å². The van der Waals surface area contributed by atoms with Crippen LogP contribution in [0.3, 0.4) is 0 Å². The van der Waals surface area contributed by atoms with Gasteiger partial charge in [0.2, 0.25) is 0 Å². The Morgan fingerprint density at radius 3 is 2.62 bits per heavy atom. The van der Waals surface area contributed by atoms with Gasteiger partial charge in [0, 0.05) is 18.2 Å². The van der Waals surface area contributed by atoms with E-state index in [-0.39, 0.29) is 24.4 Å². The van der Waals surface area contributed by atoms with Crippen molar-refractivity contribution in [3.8, 4) is 5.75 Å². The summed E-state index contributed by atoms with van der Waals surface area (Å²) in [4.78, 5) is 11.6. The molecule has 0 heterocycles. The lowest BCUT2D eigenvalue weighted by Crippen LogP contribution is -2.34. The zero-order chi connectivity index (χ0) is 15.8. The molecule has 0 spiro atoms. The van der Waals surface area contributed by atoms with Crippen molar-refractivity contribution in [2.24, 2.45) is 5.92 Å². The Bertz CT molecular complexity index is 462. The fourth-order valence-corrected chi connectivity index (χ4v) is 1.83. The monoisotopic (exact) mass is 296 g/mol. The maximum atomic E-state index is 13.3. The molecule has 0 saturated carbocycles. The molecule has 0 fully saturated rings. The third-order valence-electron chi connectivity index (χ3n) is 2.70. The molecule has 0 bridgehead atoms. The quantitative estimate of drug-likeness (QED) is 0.775. The van der Waals surface area contributed by atoms with Gasteiger partial charge in [-0.15, -0.1) is 0 Å². The molecule has 0 atom stereocenters. The fourth-order valence-electron chi connectivity index (χ4n) is 1.83. The van der Waals surface area contributed by atoms with Crippen LogP contribution in [-0.2, 0) is 11.3 Å². The number of halogens is 1. The lowest BCUT2D eigenvalue weighted by Gasteiger charge is -2.14. The van der Waals surface area contributed by atoms with Crippen molar-refractivity contribution in [1.82, 2.24) is 10.6 Å². The molecule has 0 aromatic heterocycles. The Labute approximate surface area is 126 Å². The third kappa shape index (κ3) is 7.09. The normalized spacial score (nSPS) is 11.0. The second-order valence-electron chi connectivity index (χ2n) is 5.79. The van der Waals surface area contributed by atoms with E-state index in [4.69, 9.17) is 4.74 Å². The van der Waals surface area contributed by atoms with E-state index < -0.39 is 0 Å². The lowest BCUT2D eigenvalue weighted by atomic mass is 10.1. The molecule has 0 unspecified atom stereocenters. The first-order valence-corrected chi connectivity index (χ1v) is 7.29. The first-order chi connectivity index (χ1) is 9.88. The van der Waals surface area contributed by atoms with Crippen LogP contribution in [0.1, 0.15) is 33.3 Å². The lowest BCUT2D eigenvalue weighted by molar-refractivity contribution is -0.123. The first kappa shape index (κ1) is 17.4. The predicted molar refractivity (Wildman–Crippen MR) is 81.7 cm³/mol. The number of ether oxygens (including phenoxy) is 1. The van der Waals surface area contributed by atoms with E-state index in [1.165, 1.54) is 12.1 Å². The summed E-state index contributed by atoms with van der Waals surface area (Å²) >= 11 is 0. The number of rotatable bonds is 8. The van der Waals surface area contributed by atoms with Gasteiger partial charge in [-0.3, -0.25) is 4.79 Å². The smallest absolute Gasteiger partial charge is 0.258 e. The highest BCUT2D eigenvalue weighted by Gasteiger charge is 2.09. The number of benzene rings is 1. The Hall–Kier alpha value is -1.62. The summed E-state index contributed by atoms with van der Waals surface area (Å²) in [6.45, 7) is 9.26. The second kappa shape index (κ2) is 8.62. The van der Waals surface area contributed by atoms with E-state index in [0.29, 0.717) is 23.8 Å². The van der Waals surface area contributed by atoms with E-state index in [2.05, 4.69) is 24.5 Å². The summed E-state index contributed by atoms with van der Waals surface area (Å²) in [6.07, 6.45) is 0. The Morgan fingerprint density at radius 1 is 1.29 bits per heavy atom. The van der Waals surface area contributed by atoms with Crippen molar-refractivity contribution in [3.05, 3.63) is 29.6 Å². The maximum absolute atomic E-state index is 13.3. The minimum absolute atomic E-state index is 0.0685. The second-order valence-corrected chi connectivity index (χ2v) is 5.79. The first-order valence-electron chi connectivity index (χ1n) is 7.29. The summed E-state index contributed by atoms with van der Waals surface area (Å²) in [5.74, 6) is 0.553. The molecule has 5 heteroatoms. The van der Waals surface area contributed by atoms with E-state index in [0.717, 1.165) is 6.54 Å². The largest absolute Gasteiger partial charge is 0.483 e. The van der Waals surface area contributed by atoms with Crippen LogP contribution in [0.15, 0.2) is 18.2 Å². The minimum Gasteiger partial charge on any atom is -0.483 e. The van der Waals surface area contributed by atoms with Crippen LogP contribution >= 0.6 is 0 Å². The number of hydrogen-bond donors (Lipinski definition) is 2. The van der Waals surface area contributed by atoms with Gasteiger partial charge in [-0.05, 0) is 44.5 Å². The van der Waals surface area contributed by atoms with Crippen LogP contribution in [0.4, 0.5) is 4.39 Å². The van der Waals surface area contributed by atoms with Crippen LogP contribution in [0.5, 0.6) is 5.75 Å². The molecule has 2 N–H and O–H groups in total. The molecule has 1 aromatic carbocycles. The molecule has 0 aliphatic rings. The van der Waals surface area contributed by atoms with Crippen molar-refractivity contribution >= 4 is 5.91 Å². The van der Waals surface area contributed by atoms with Gasteiger partial charge in [0.1, 0.15) is 11.6 Å². The van der Waals surface area contributed by atoms with Crippen molar-refractivity contribution in [3.63, 3.8) is 0 Å². The zero-order valence-electron chi connectivity index (χ0n) is 13.2. The number of nitrogens with one attached hydrogen (secondary N) is 2. The summed E-state index contributed by atoms with van der Waals surface area (Å²) in [5, 5.41) is 5.99. The summed E-state index contributed by atoms with van der Waals surface area (Å²) in [5.41, 5.74) is 0.716. The van der Waals surface area contributed by atoms with Crippen molar-refractivity contribution in [1.29, 1.82) is 0 Å². The van der Waals surface area contributed by atoms with Crippen LogP contribution in [-0.4, -0.2) is 25.1 Å². The molecular formula is C16H25FN2O2. The van der Waals surface area contributed by atoms with Crippen molar-refractivity contribution < 1.29 is 13.9 Å². The number of amides is 1. The van der Waals surface area contributed by atoms with Crippen molar-refractivity contribution in [2.45, 2.75) is 40.3 Å². The molecule has 0 saturated heterocycles. The van der Waals surface area contributed by atoms with E-state index in [1.807, 2.05) is 13.8 Å². The summed E-state index contributed by atoms with van der Waals surface area (Å²) in [7, 11) is 0. The molecule has 0 radical (unpaired) electrons. The van der Waals surface area contributed by atoms with Gasteiger partial charge in [-0.25, -0.2) is 4.39 Å². The molecule has 1 aromatic rings. The van der Waals surface area contributed by atoms with Gasteiger partial charge in [0.05, 0.1) is 0 Å². The highest BCUT2D eigenvalue weighted by atomic mass is 19.1. The van der Waals surface area contributed by atoms with Gasteiger partial charge >= 0.3 is 0 Å². The van der Waals surface area contributed by atoms with E-state index >= 15 is 0 Å². The minimum atomic E-state index is -0.310. The fraction of sp³-hybridized carbons (Fsp3) is 0.562. The van der Waals surface area contributed by atoms with E-state index in [9.17, 15) is 9.18 Å². The molecule has 1 amide bonds. The molecule has 21 heavy (non-hydrogen) atoms. The predicted octanol–water partition coefficient (Wildman–Crippen LogP) is 2.47. The Morgan fingerprint density at radius 2 is 2.00 bits per heavy atom. The topological polar surface area (TPSA) is 50.4 Å². The zero-order valence-corrected chi connectivity index (χ0v) is 13.2. The number of carbonyl (C=O) groups excluding carboxylic acids is 1. The number of carbonyl (C=O) groups is 1. The van der Waals surface area contributed by atoms with Crippen LogP contribution in [0, 0.1) is 11.7 Å². The van der Waals surface area contributed by atoms with Crippen LogP contribution in [0.2, 0.25) is 0 Å². The maximum Gasteiger partial charge on any atom is 0.258 e. The molecule has 0 aliphatic carbocycles. The highest BCUT2D eigenvalue weighted by Crippen LogP contribution is 2.19. The molecule has 1 rings (SSSR count). The highest BCUT2D eigenvalue weighted by molar-refractivity contribution is 5.77. The SMILES string of the molecule is CC(C)CNCc1cc(F)ccc1OCC(=O)NC(C)C. The van der Waals surface area contributed by atoms with Crippen molar-refractivity contribution in [2.75, 3.05) is 13.2 Å². The van der Waals surface area contributed by atoms with E-state index in [1.54, 1.807) is 6.07 Å². The van der Waals surface area contributed by atoms with Gasteiger partial charge in [-0.1, -0.05) is 13.8 Å². The Kier molecular flexibility index (Phi) is 7.15. The number of hydrogen-bond acceptors (Lipinski definition) is 3. The molecule has 4 nitrogen and oxygen atoms in total. The third-order valence-corrected chi connectivity index (χ3v) is 2.70.